The molecule has 0 saturated carbocycles. The molecule has 3 rings (SSSR count). The molecule has 2 unspecified atom stereocenters. The highest BCUT2D eigenvalue weighted by atomic mass is 16.7. The maximum Gasteiger partial charge on any atom is 0.341 e. The molecule has 1 aromatic rings. The number of carbonyl (C=O) groups is 4. The van der Waals surface area contributed by atoms with Gasteiger partial charge in [0, 0.05) is 16.8 Å². The number of carboxylic acid groups (broad SMARTS) is 1. The Morgan fingerprint density at radius 2 is 1.85 bits per heavy atom. The smallest absolute Gasteiger partial charge is 0.341 e. The topological polar surface area (TPSA) is 218 Å². The van der Waals surface area contributed by atoms with Gasteiger partial charge in [-0.15, -0.1) is 0 Å². The molecule has 14 nitrogen and oxygen atoms in total. The van der Waals surface area contributed by atoms with E-state index in [0.29, 0.717) is 13.0 Å². The van der Waals surface area contributed by atoms with Crippen LogP contribution in [0.4, 0.5) is 5.69 Å². The van der Waals surface area contributed by atoms with Crippen LogP contribution in [0.3, 0.4) is 0 Å². The third-order valence-corrected chi connectivity index (χ3v) is 7.86. The van der Waals surface area contributed by atoms with Crippen LogP contribution >= 0.6 is 0 Å². The molecule has 0 bridgehead atoms. The molecule has 14 heteroatoms. The summed E-state index contributed by atoms with van der Waals surface area (Å²) >= 11 is 0. The number of aliphatic hydroxyl groups excluding tert-OH is 4. The SMILES string of the molecule is CCCCOC(=O)C[C@@H](O)C(C)C/C=C/C=C(\C)C(=O)OC[C@H]1O[C@@H](OC2(C(=O)O)CC(=O)Nc3ccccc32)[C@H](O)[C@@H](O)[C@@H]1O. The minimum atomic E-state index is -2.29. The van der Waals surface area contributed by atoms with Crippen molar-refractivity contribution in [3.05, 3.63) is 53.6 Å². The van der Waals surface area contributed by atoms with E-state index in [1.54, 1.807) is 31.2 Å². The van der Waals surface area contributed by atoms with Crippen LogP contribution in [0.1, 0.15) is 58.4 Å². The molecule has 8 atom stereocenters. The first-order valence-electron chi connectivity index (χ1n) is 15.1. The standard InChI is InChI=1S/C32H43NO13/c1-4-5-14-43-25(36)15-22(34)18(2)10-6-7-11-19(3)29(40)44-17-23-26(37)27(38)28(39)30(45-23)46-32(31(41)42)16-24(35)33-21-13-9-8-12-20(21)32/h6-9,11-13,18,22-23,26-28,30,34,37-39H,4-5,10,14-17H2,1-3H3,(H,33,35)(H,41,42)/b7-6+,19-11+/t18?,22-,23-,26-,27+,28-,30+,32?/m1/s1. The van der Waals surface area contributed by atoms with Crippen LogP contribution in [0.25, 0.3) is 0 Å². The van der Waals surface area contributed by atoms with E-state index in [4.69, 9.17) is 18.9 Å². The number of rotatable bonds is 15. The van der Waals surface area contributed by atoms with Crippen LogP contribution in [-0.2, 0) is 43.7 Å². The number of hydrogen-bond acceptors (Lipinski definition) is 12. The first-order chi connectivity index (χ1) is 21.8. The van der Waals surface area contributed by atoms with Gasteiger partial charge in [0.05, 0.1) is 25.6 Å². The highest BCUT2D eigenvalue weighted by molar-refractivity contribution is 6.01. The number of aliphatic hydroxyl groups is 4. The summed E-state index contributed by atoms with van der Waals surface area (Å²) in [6, 6.07) is 6.04. The molecule has 2 aliphatic rings. The number of carbonyl (C=O) groups excluding carboxylic acids is 3. The second kappa shape index (κ2) is 16.8. The van der Waals surface area contributed by atoms with Crippen LogP contribution < -0.4 is 5.32 Å². The number of hydrogen-bond donors (Lipinski definition) is 6. The van der Waals surface area contributed by atoms with Crippen molar-refractivity contribution in [1.82, 2.24) is 0 Å². The summed E-state index contributed by atoms with van der Waals surface area (Å²) in [5.74, 6) is -3.72. The lowest BCUT2D eigenvalue weighted by atomic mass is 9.85. The molecule has 0 aliphatic carbocycles. The molecule has 1 amide bonds. The second-order valence-corrected chi connectivity index (χ2v) is 11.5. The van der Waals surface area contributed by atoms with Crippen molar-refractivity contribution in [3.63, 3.8) is 0 Å². The zero-order chi connectivity index (χ0) is 34.0. The quantitative estimate of drug-likeness (QED) is 0.0684. The van der Waals surface area contributed by atoms with Gasteiger partial charge in [0.2, 0.25) is 11.5 Å². The molecule has 1 saturated heterocycles. The number of anilines is 1. The second-order valence-electron chi connectivity index (χ2n) is 11.5. The number of ether oxygens (including phenoxy) is 4. The molecule has 0 radical (unpaired) electrons. The van der Waals surface area contributed by atoms with Gasteiger partial charge in [0.1, 0.15) is 31.0 Å². The lowest BCUT2D eigenvalue weighted by Crippen LogP contribution is -2.62. The number of benzene rings is 1. The van der Waals surface area contributed by atoms with Crippen LogP contribution in [-0.4, -0.2) is 99.4 Å². The third kappa shape index (κ3) is 9.21. The largest absolute Gasteiger partial charge is 0.479 e. The number of unbranched alkanes of at least 4 members (excludes halogenated alkanes) is 1. The Balaban J connectivity index is 1.58. The average Bonchev–Trinajstić information content (AvgIpc) is 3.02. The lowest BCUT2D eigenvalue weighted by molar-refractivity contribution is -0.327. The van der Waals surface area contributed by atoms with Gasteiger partial charge in [-0.25, -0.2) is 9.59 Å². The van der Waals surface area contributed by atoms with Crippen molar-refractivity contribution in [1.29, 1.82) is 0 Å². The van der Waals surface area contributed by atoms with Gasteiger partial charge in [0.15, 0.2) is 6.29 Å². The molecule has 2 heterocycles. The van der Waals surface area contributed by atoms with Crippen LogP contribution in [0.5, 0.6) is 0 Å². The molecule has 0 aromatic heterocycles. The Kier molecular flexibility index (Phi) is 13.4. The summed E-state index contributed by atoms with van der Waals surface area (Å²) in [5, 5.41) is 54.5. The van der Waals surface area contributed by atoms with Crippen molar-refractivity contribution >= 4 is 29.5 Å². The number of esters is 2. The predicted octanol–water partition coefficient (Wildman–Crippen LogP) is 1.30. The molecule has 1 aromatic carbocycles. The van der Waals surface area contributed by atoms with Gasteiger partial charge in [-0.1, -0.05) is 56.7 Å². The van der Waals surface area contributed by atoms with Crippen LogP contribution in [0, 0.1) is 5.92 Å². The number of fused-ring (bicyclic) bond motifs is 1. The van der Waals surface area contributed by atoms with Gasteiger partial charge in [-0.2, -0.15) is 0 Å². The Hall–Kier alpha value is -3.66. The van der Waals surface area contributed by atoms with Crippen molar-refractivity contribution in [2.24, 2.45) is 5.92 Å². The third-order valence-electron chi connectivity index (χ3n) is 7.86. The lowest BCUT2D eigenvalue weighted by Gasteiger charge is -2.44. The molecule has 254 valence electrons. The number of amides is 1. The number of carboxylic acids is 1. The summed E-state index contributed by atoms with van der Waals surface area (Å²) in [5.41, 5.74) is -1.85. The fourth-order valence-electron chi connectivity index (χ4n) is 4.92. The van der Waals surface area contributed by atoms with E-state index in [1.807, 2.05) is 6.92 Å². The first-order valence-corrected chi connectivity index (χ1v) is 15.1. The van der Waals surface area contributed by atoms with Crippen molar-refractivity contribution in [2.45, 2.75) is 95.3 Å². The first kappa shape index (κ1) is 36.8. The number of aliphatic carboxylic acids is 1. The normalized spacial score (nSPS) is 27.8. The van der Waals surface area contributed by atoms with E-state index in [2.05, 4.69) is 5.32 Å². The molecule has 0 spiro atoms. The van der Waals surface area contributed by atoms with E-state index >= 15 is 0 Å². The number of allylic oxidation sites excluding steroid dienone is 3. The Bertz CT molecular complexity index is 1300. The molecule has 46 heavy (non-hydrogen) atoms. The highest BCUT2D eigenvalue weighted by Crippen LogP contribution is 2.41. The molecular formula is C32H43NO13. The van der Waals surface area contributed by atoms with E-state index in [9.17, 15) is 44.7 Å². The van der Waals surface area contributed by atoms with Gasteiger partial charge >= 0.3 is 17.9 Å². The van der Waals surface area contributed by atoms with Gasteiger partial charge in [-0.3, -0.25) is 9.59 Å². The molecule has 1 fully saturated rings. The number of para-hydroxylation sites is 1. The van der Waals surface area contributed by atoms with E-state index in [-0.39, 0.29) is 29.2 Å². The van der Waals surface area contributed by atoms with Gasteiger partial charge < -0.3 is 49.8 Å². The Morgan fingerprint density at radius 3 is 2.54 bits per heavy atom. The zero-order valence-corrected chi connectivity index (χ0v) is 26.0. The zero-order valence-electron chi connectivity index (χ0n) is 26.0. The molecule has 6 N–H and O–H groups in total. The van der Waals surface area contributed by atoms with E-state index < -0.39 is 79.3 Å². The number of nitrogens with one attached hydrogen (secondary N) is 1. The average molecular weight is 650 g/mol. The maximum absolute atomic E-state index is 12.6. The summed E-state index contributed by atoms with van der Waals surface area (Å²) in [6.07, 6.45) is -3.61. The minimum Gasteiger partial charge on any atom is -0.479 e. The monoisotopic (exact) mass is 649 g/mol. The highest BCUT2D eigenvalue weighted by Gasteiger charge is 2.54. The van der Waals surface area contributed by atoms with Gasteiger partial charge in [-0.05, 0) is 31.7 Å². The summed E-state index contributed by atoms with van der Waals surface area (Å²) in [4.78, 5) is 49.3. The Morgan fingerprint density at radius 1 is 1.13 bits per heavy atom. The van der Waals surface area contributed by atoms with Crippen LogP contribution in [0.2, 0.25) is 0 Å². The minimum absolute atomic E-state index is 0.0872. The predicted molar refractivity (Wildman–Crippen MR) is 161 cm³/mol. The summed E-state index contributed by atoms with van der Waals surface area (Å²) < 4.78 is 21.6. The van der Waals surface area contributed by atoms with E-state index in [0.717, 1.165) is 12.8 Å². The fourth-order valence-corrected chi connectivity index (χ4v) is 4.92. The molecular weight excluding hydrogens is 606 g/mol. The fraction of sp³-hybridized carbons (Fsp3) is 0.562. The summed E-state index contributed by atoms with van der Waals surface area (Å²) in [6.45, 7) is 4.96. The summed E-state index contributed by atoms with van der Waals surface area (Å²) in [7, 11) is 0. The van der Waals surface area contributed by atoms with Crippen molar-refractivity contribution in [2.75, 3.05) is 18.5 Å². The van der Waals surface area contributed by atoms with Crippen LogP contribution in [0.15, 0.2) is 48.1 Å². The Labute approximate surface area is 266 Å². The van der Waals surface area contributed by atoms with Crippen molar-refractivity contribution < 1.29 is 63.7 Å². The molecule has 2 aliphatic heterocycles. The van der Waals surface area contributed by atoms with Gasteiger partial charge in [0.25, 0.3) is 0 Å². The van der Waals surface area contributed by atoms with E-state index in [1.165, 1.54) is 25.1 Å². The van der Waals surface area contributed by atoms with Crippen molar-refractivity contribution in [3.8, 4) is 0 Å². The maximum atomic E-state index is 12.6.